The van der Waals surface area contributed by atoms with Crippen molar-refractivity contribution < 1.29 is 9.59 Å². The van der Waals surface area contributed by atoms with E-state index < -0.39 is 0 Å². The predicted octanol–water partition coefficient (Wildman–Crippen LogP) is 2.88. The molecule has 0 radical (unpaired) electrons. The first-order valence-corrected chi connectivity index (χ1v) is 10.1. The van der Waals surface area contributed by atoms with Gasteiger partial charge < -0.3 is 10.2 Å². The Balaban J connectivity index is 1.38. The average molecular weight is 395 g/mol. The van der Waals surface area contributed by atoms with Crippen LogP contribution in [0.5, 0.6) is 0 Å². The highest BCUT2D eigenvalue weighted by Gasteiger charge is 2.29. The van der Waals surface area contributed by atoms with Crippen molar-refractivity contribution in [2.24, 2.45) is 5.92 Å². The highest BCUT2D eigenvalue weighted by molar-refractivity contribution is 7.12. The molecule has 1 aliphatic heterocycles. The van der Waals surface area contributed by atoms with Gasteiger partial charge in [0.05, 0.1) is 17.3 Å². The van der Waals surface area contributed by atoms with Crippen molar-refractivity contribution in [1.29, 1.82) is 0 Å². The number of nitrogens with zero attached hydrogens (tertiary/aromatic N) is 4. The van der Waals surface area contributed by atoms with Gasteiger partial charge in [-0.1, -0.05) is 18.2 Å². The van der Waals surface area contributed by atoms with E-state index in [1.807, 2.05) is 41.8 Å². The number of carbonyl (C=O) groups excluding carboxylic acids is 2. The number of anilines is 1. The molecule has 1 aromatic carbocycles. The van der Waals surface area contributed by atoms with Gasteiger partial charge in [-0.25, -0.2) is 9.67 Å². The van der Waals surface area contributed by atoms with Crippen molar-refractivity contribution in [2.75, 3.05) is 18.4 Å². The molecule has 0 saturated carbocycles. The van der Waals surface area contributed by atoms with Crippen molar-refractivity contribution in [3.8, 4) is 0 Å². The number of rotatable bonds is 5. The van der Waals surface area contributed by atoms with Gasteiger partial charge in [0.1, 0.15) is 12.7 Å². The summed E-state index contributed by atoms with van der Waals surface area (Å²) in [5.41, 5.74) is 1.78. The lowest BCUT2D eigenvalue weighted by Gasteiger charge is -2.31. The van der Waals surface area contributed by atoms with Crippen molar-refractivity contribution in [1.82, 2.24) is 19.7 Å². The summed E-state index contributed by atoms with van der Waals surface area (Å²) in [5, 5.41) is 9.01. The number of likely N-dealkylation sites (tertiary alicyclic amines) is 1. The second kappa shape index (κ2) is 8.35. The van der Waals surface area contributed by atoms with Crippen LogP contribution in [0.1, 0.15) is 28.1 Å². The second-order valence-electron chi connectivity index (χ2n) is 6.85. The average Bonchev–Trinajstić information content (AvgIpc) is 3.42. The molecule has 8 heteroatoms. The first-order chi connectivity index (χ1) is 13.7. The summed E-state index contributed by atoms with van der Waals surface area (Å²) in [6.07, 6.45) is 4.78. The van der Waals surface area contributed by atoms with E-state index in [2.05, 4.69) is 15.4 Å². The lowest BCUT2D eigenvalue weighted by atomic mass is 9.96. The third-order valence-corrected chi connectivity index (χ3v) is 5.67. The molecule has 1 N–H and O–H groups in total. The lowest BCUT2D eigenvalue weighted by Crippen LogP contribution is -2.43. The zero-order valence-electron chi connectivity index (χ0n) is 15.3. The van der Waals surface area contributed by atoms with Crippen LogP contribution in [-0.2, 0) is 11.3 Å². The maximum absolute atomic E-state index is 12.8. The molecule has 1 saturated heterocycles. The van der Waals surface area contributed by atoms with Crippen LogP contribution in [0, 0.1) is 5.92 Å². The number of carbonyl (C=O) groups is 2. The third-order valence-electron chi connectivity index (χ3n) is 4.82. The number of piperidine rings is 1. The van der Waals surface area contributed by atoms with Gasteiger partial charge in [0.25, 0.3) is 5.91 Å². The number of aromatic nitrogens is 3. The van der Waals surface area contributed by atoms with Gasteiger partial charge in [-0.3, -0.25) is 9.59 Å². The van der Waals surface area contributed by atoms with E-state index >= 15 is 0 Å². The Bertz CT molecular complexity index is 939. The molecule has 28 heavy (non-hydrogen) atoms. The Morgan fingerprint density at radius 3 is 2.96 bits per heavy atom. The topological polar surface area (TPSA) is 80.1 Å². The summed E-state index contributed by atoms with van der Waals surface area (Å²) in [6, 6.07) is 11.4. The van der Waals surface area contributed by atoms with Gasteiger partial charge in [0, 0.05) is 18.8 Å². The third kappa shape index (κ3) is 4.28. The molecule has 0 bridgehead atoms. The summed E-state index contributed by atoms with van der Waals surface area (Å²) in [4.78, 5) is 31.8. The highest BCUT2D eigenvalue weighted by Crippen LogP contribution is 2.22. The Kier molecular flexibility index (Phi) is 5.48. The van der Waals surface area contributed by atoms with E-state index in [1.165, 1.54) is 17.7 Å². The number of hydrogen-bond donors (Lipinski definition) is 1. The van der Waals surface area contributed by atoms with Crippen LogP contribution in [0.4, 0.5) is 5.69 Å². The summed E-state index contributed by atoms with van der Waals surface area (Å²) in [5.74, 6) is -0.222. The van der Waals surface area contributed by atoms with Crippen molar-refractivity contribution >= 4 is 28.8 Å². The zero-order chi connectivity index (χ0) is 19.3. The smallest absolute Gasteiger partial charge is 0.263 e. The maximum atomic E-state index is 12.8. The van der Waals surface area contributed by atoms with E-state index in [1.54, 1.807) is 15.9 Å². The molecule has 1 aliphatic rings. The molecule has 1 unspecified atom stereocenters. The zero-order valence-corrected chi connectivity index (χ0v) is 16.1. The standard InChI is InChI=1S/C20H21N5O2S/c26-19(16-5-2-8-24(12-16)20(27)18-7-3-9-28-18)23-17-6-1-4-15(10-17)11-25-14-21-13-22-25/h1,3-4,6-7,9-10,13-14,16H,2,5,8,11-12H2,(H,23,26). The molecule has 1 atom stereocenters. The van der Waals surface area contributed by atoms with Crippen LogP contribution in [0.25, 0.3) is 0 Å². The monoisotopic (exact) mass is 395 g/mol. The van der Waals surface area contributed by atoms with E-state index in [-0.39, 0.29) is 17.7 Å². The minimum atomic E-state index is -0.198. The van der Waals surface area contributed by atoms with E-state index in [0.717, 1.165) is 29.0 Å². The second-order valence-corrected chi connectivity index (χ2v) is 7.80. The summed E-state index contributed by atoms with van der Waals surface area (Å²) in [7, 11) is 0. The molecule has 3 aromatic rings. The number of thiophene rings is 1. The Hall–Kier alpha value is -3.00. The number of amides is 2. The predicted molar refractivity (Wildman–Crippen MR) is 107 cm³/mol. The highest BCUT2D eigenvalue weighted by atomic mass is 32.1. The molecule has 4 rings (SSSR count). The molecule has 0 spiro atoms. The number of benzene rings is 1. The van der Waals surface area contributed by atoms with Crippen LogP contribution >= 0.6 is 11.3 Å². The van der Waals surface area contributed by atoms with E-state index in [9.17, 15) is 9.59 Å². The largest absolute Gasteiger partial charge is 0.337 e. The molecule has 2 amide bonds. The molecule has 3 heterocycles. The van der Waals surface area contributed by atoms with Crippen LogP contribution in [0.2, 0.25) is 0 Å². The Labute approximate surface area is 167 Å². The molecule has 2 aromatic heterocycles. The van der Waals surface area contributed by atoms with Gasteiger partial charge >= 0.3 is 0 Å². The van der Waals surface area contributed by atoms with Crippen molar-refractivity contribution in [3.05, 3.63) is 64.9 Å². The minimum Gasteiger partial charge on any atom is -0.337 e. The Morgan fingerprint density at radius 1 is 1.25 bits per heavy atom. The minimum absolute atomic E-state index is 0.0160. The van der Waals surface area contributed by atoms with Crippen molar-refractivity contribution in [2.45, 2.75) is 19.4 Å². The van der Waals surface area contributed by atoms with E-state index in [0.29, 0.717) is 19.6 Å². The molecular weight excluding hydrogens is 374 g/mol. The van der Waals surface area contributed by atoms with Gasteiger partial charge in [-0.2, -0.15) is 5.10 Å². The van der Waals surface area contributed by atoms with Gasteiger partial charge in [-0.05, 0) is 42.0 Å². The van der Waals surface area contributed by atoms with Gasteiger partial charge in [-0.15, -0.1) is 11.3 Å². The van der Waals surface area contributed by atoms with Gasteiger partial charge in [0.15, 0.2) is 0 Å². The SMILES string of the molecule is O=C(Nc1cccc(Cn2cncn2)c1)C1CCCN(C(=O)c2cccs2)C1. The quantitative estimate of drug-likeness (QED) is 0.720. The molecular formula is C20H21N5O2S. The van der Waals surface area contributed by atoms with Crippen LogP contribution in [0.15, 0.2) is 54.4 Å². The normalized spacial score (nSPS) is 16.7. The molecule has 1 fully saturated rings. The molecule has 144 valence electrons. The van der Waals surface area contributed by atoms with E-state index in [4.69, 9.17) is 0 Å². The fourth-order valence-electron chi connectivity index (χ4n) is 3.42. The number of hydrogen-bond acceptors (Lipinski definition) is 5. The van der Waals surface area contributed by atoms with Gasteiger partial charge in [0.2, 0.25) is 5.91 Å². The molecule has 7 nitrogen and oxygen atoms in total. The first kappa shape index (κ1) is 18.4. The van der Waals surface area contributed by atoms with Crippen LogP contribution < -0.4 is 5.32 Å². The maximum Gasteiger partial charge on any atom is 0.263 e. The fraction of sp³-hybridized carbons (Fsp3) is 0.300. The van der Waals surface area contributed by atoms with Crippen molar-refractivity contribution in [3.63, 3.8) is 0 Å². The lowest BCUT2D eigenvalue weighted by molar-refractivity contribution is -0.121. The number of nitrogens with one attached hydrogen (secondary N) is 1. The summed E-state index contributed by atoms with van der Waals surface area (Å²) >= 11 is 1.44. The fourth-order valence-corrected chi connectivity index (χ4v) is 4.12. The van der Waals surface area contributed by atoms with Crippen LogP contribution in [0.3, 0.4) is 0 Å². The van der Waals surface area contributed by atoms with Crippen LogP contribution in [-0.4, -0.2) is 44.6 Å². The summed E-state index contributed by atoms with van der Waals surface area (Å²) < 4.78 is 1.73. The molecule has 0 aliphatic carbocycles. The summed E-state index contributed by atoms with van der Waals surface area (Å²) in [6.45, 7) is 1.76. The Morgan fingerprint density at radius 2 is 2.18 bits per heavy atom. The first-order valence-electron chi connectivity index (χ1n) is 9.24.